The van der Waals surface area contributed by atoms with Gasteiger partial charge >= 0.3 is 0 Å². The van der Waals surface area contributed by atoms with E-state index >= 15 is 0 Å². The van der Waals surface area contributed by atoms with Gasteiger partial charge in [0.05, 0.1) is 10.9 Å². The molecule has 0 amide bonds. The molecule has 3 rings (SSSR count). The molecule has 0 heterocycles. The average Bonchev–Trinajstić information content (AvgIpc) is 2.68. The summed E-state index contributed by atoms with van der Waals surface area (Å²) in [6.07, 6.45) is 0. The SMILES string of the molecule is Cc1cc(C)c(N(C)[C@@H](CNS(=O)(=O)c2ccc(Cl)cc2)c2ccccc2)c(C)c1. The van der Waals surface area contributed by atoms with Gasteiger partial charge in [0.15, 0.2) is 0 Å². The summed E-state index contributed by atoms with van der Waals surface area (Å²) in [4.78, 5) is 2.35. The molecule has 0 saturated carbocycles. The highest BCUT2D eigenvalue weighted by molar-refractivity contribution is 7.89. The van der Waals surface area contributed by atoms with Gasteiger partial charge in [-0.25, -0.2) is 13.1 Å². The molecule has 1 atom stereocenters. The summed E-state index contributed by atoms with van der Waals surface area (Å²) in [6, 6.07) is 20.3. The van der Waals surface area contributed by atoms with Crippen molar-refractivity contribution >= 4 is 27.3 Å². The molecular formula is C24H27ClN2O2S. The molecule has 3 aromatic carbocycles. The fourth-order valence-electron chi connectivity index (χ4n) is 3.92. The highest BCUT2D eigenvalue weighted by atomic mass is 35.5. The number of rotatable bonds is 7. The molecule has 30 heavy (non-hydrogen) atoms. The Morgan fingerprint density at radius 2 is 1.50 bits per heavy atom. The number of anilines is 1. The Bertz CT molecular complexity index is 1090. The molecule has 6 heteroatoms. The highest BCUT2D eigenvalue weighted by Gasteiger charge is 2.23. The van der Waals surface area contributed by atoms with Crippen LogP contribution in [0.4, 0.5) is 5.69 Å². The number of nitrogens with one attached hydrogen (secondary N) is 1. The number of hydrogen-bond acceptors (Lipinski definition) is 3. The zero-order valence-electron chi connectivity index (χ0n) is 17.7. The summed E-state index contributed by atoms with van der Waals surface area (Å²) < 4.78 is 28.5. The van der Waals surface area contributed by atoms with Crippen LogP contribution in [0.3, 0.4) is 0 Å². The molecule has 0 aliphatic carbocycles. The summed E-state index contributed by atoms with van der Waals surface area (Å²) in [7, 11) is -1.65. The summed E-state index contributed by atoms with van der Waals surface area (Å²) in [5.41, 5.74) is 5.69. The molecular weight excluding hydrogens is 416 g/mol. The fraction of sp³-hybridized carbons (Fsp3) is 0.250. The number of hydrogen-bond donors (Lipinski definition) is 1. The number of benzene rings is 3. The molecule has 1 N–H and O–H groups in total. The van der Waals surface area contributed by atoms with Crippen molar-refractivity contribution in [1.29, 1.82) is 0 Å². The molecule has 0 aliphatic heterocycles. The topological polar surface area (TPSA) is 49.4 Å². The molecule has 0 radical (unpaired) electrons. The molecule has 0 bridgehead atoms. The molecule has 0 aromatic heterocycles. The Morgan fingerprint density at radius 3 is 2.07 bits per heavy atom. The van der Waals surface area contributed by atoms with Crippen LogP contribution < -0.4 is 9.62 Å². The first-order valence-electron chi connectivity index (χ1n) is 9.80. The van der Waals surface area contributed by atoms with Gasteiger partial charge in [0.1, 0.15) is 0 Å². The Hall–Kier alpha value is -2.34. The second-order valence-corrected chi connectivity index (χ2v) is 9.79. The third kappa shape index (κ3) is 5.04. The molecule has 3 aromatic rings. The van der Waals surface area contributed by atoms with Gasteiger partial charge < -0.3 is 4.90 Å². The van der Waals surface area contributed by atoms with Crippen LogP contribution in [0.25, 0.3) is 0 Å². The van der Waals surface area contributed by atoms with Crippen molar-refractivity contribution in [3.63, 3.8) is 0 Å². The van der Waals surface area contributed by atoms with Gasteiger partial charge in [0, 0.05) is 24.3 Å². The van der Waals surface area contributed by atoms with Crippen LogP contribution in [0.15, 0.2) is 71.6 Å². The van der Waals surface area contributed by atoms with Crippen LogP contribution in [0.1, 0.15) is 28.3 Å². The van der Waals surface area contributed by atoms with Crippen molar-refractivity contribution in [2.75, 3.05) is 18.5 Å². The number of sulfonamides is 1. The maximum absolute atomic E-state index is 12.8. The molecule has 4 nitrogen and oxygen atoms in total. The van der Waals surface area contributed by atoms with E-state index in [1.165, 1.54) is 17.7 Å². The van der Waals surface area contributed by atoms with Crippen molar-refractivity contribution in [3.8, 4) is 0 Å². The Labute approximate surface area is 184 Å². The minimum Gasteiger partial charge on any atom is -0.366 e. The third-order valence-corrected chi connectivity index (χ3v) is 6.92. The second-order valence-electron chi connectivity index (χ2n) is 7.59. The van der Waals surface area contributed by atoms with E-state index in [1.54, 1.807) is 12.1 Å². The van der Waals surface area contributed by atoms with Crippen molar-refractivity contribution in [2.24, 2.45) is 0 Å². The molecule has 0 fully saturated rings. The minimum atomic E-state index is -3.66. The standard InChI is InChI=1S/C24H27ClN2O2S/c1-17-14-18(2)24(19(3)15-17)27(4)23(20-8-6-5-7-9-20)16-26-30(28,29)22-12-10-21(25)11-13-22/h5-15,23,26H,16H2,1-4H3/t23-/m0/s1. The van der Waals surface area contributed by atoms with E-state index in [1.807, 2.05) is 37.4 Å². The van der Waals surface area contributed by atoms with E-state index in [2.05, 4.69) is 42.5 Å². The van der Waals surface area contributed by atoms with Crippen molar-refractivity contribution in [1.82, 2.24) is 4.72 Å². The summed E-state index contributed by atoms with van der Waals surface area (Å²) in [5.74, 6) is 0. The fourth-order valence-corrected chi connectivity index (χ4v) is 5.09. The maximum Gasteiger partial charge on any atom is 0.240 e. The molecule has 158 valence electrons. The van der Waals surface area contributed by atoms with Crippen LogP contribution in [0.5, 0.6) is 0 Å². The predicted octanol–water partition coefficient (Wildman–Crippen LogP) is 5.42. The van der Waals surface area contributed by atoms with E-state index in [4.69, 9.17) is 11.6 Å². The Balaban J connectivity index is 1.93. The van der Waals surface area contributed by atoms with Crippen LogP contribution in [-0.4, -0.2) is 22.0 Å². The molecule has 0 unspecified atom stereocenters. The van der Waals surface area contributed by atoms with Gasteiger partial charge in [-0.3, -0.25) is 0 Å². The van der Waals surface area contributed by atoms with Crippen molar-refractivity contribution in [3.05, 3.63) is 94.0 Å². The monoisotopic (exact) mass is 442 g/mol. The molecule has 0 spiro atoms. The van der Waals surface area contributed by atoms with Crippen molar-refractivity contribution < 1.29 is 8.42 Å². The van der Waals surface area contributed by atoms with Gasteiger partial charge in [-0.1, -0.05) is 59.6 Å². The maximum atomic E-state index is 12.8. The lowest BCUT2D eigenvalue weighted by Gasteiger charge is -2.33. The second kappa shape index (κ2) is 9.21. The first-order chi connectivity index (χ1) is 14.2. The first-order valence-corrected chi connectivity index (χ1v) is 11.7. The van der Waals surface area contributed by atoms with E-state index in [0.29, 0.717) is 5.02 Å². The molecule has 0 aliphatic rings. The quantitative estimate of drug-likeness (QED) is 0.531. The average molecular weight is 443 g/mol. The predicted molar refractivity (Wildman–Crippen MR) is 125 cm³/mol. The summed E-state index contributed by atoms with van der Waals surface area (Å²) in [5, 5.41) is 0.501. The lowest BCUT2D eigenvalue weighted by Crippen LogP contribution is -2.36. The summed E-state index contributed by atoms with van der Waals surface area (Å²) >= 11 is 5.90. The normalized spacial score (nSPS) is 12.6. The first kappa shape index (κ1) is 22.3. The Morgan fingerprint density at radius 1 is 0.933 bits per heavy atom. The lowest BCUT2D eigenvalue weighted by atomic mass is 10.00. The van der Waals surface area contributed by atoms with Gasteiger partial charge in [0.25, 0.3) is 0 Å². The zero-order valence-corrected chi connectivity index (χ0v) is 19.3. The minimum absolute atomic E-state index is 0.173. The highest BCUT2D eigenvalue weighted by Crippen LogP contribution is 2.32. The van der Waals surface area contributed by atoms with Gasteiger partial charge in [-0.15, -0.1) is 0 Å². The smallest absolute Gasteiger partial charge is 0.240 e. The zero-order chi connectivity index (χ0) is 21.9. The Kier molecular flexibility index (Phi) is 6.86. The van der Waals surface area contributed by atoms with E-state index in [0.717, 1.165) is 22.4 Å². The third-order valence-electron chi connectivity index (χ3n) is 5.23. The number of nitrogens with zero attached hydrogens (tertiary/aromatic N) is 1. The largest absolute Gasteiger partial charge is 0.366 e. The van der Waals surface area contributed by atoms with Crippen LogP contribution in [-0.2, 0) is 10.0 Å². The van der Waals surface area contributed by atoms with Gasteiger partial charge in [-0.2, -0.15) is 0 Å². The van der Waals surface area contributed by atoms with Crippen molar-refractivity contribution in [2.45, 2.75) is 31.7 Å². The molecule has 0 saturated heterocycles. The van der Waals surface area contributed by atoms with Crippen LogP contribution in [0, 0.1) is 20.8 Å². The number of likely N-dealkylation sites (N-methyl/N-ethyl adjacent to an activating group) is 1. The number of halogens is 1. The van der Waals surface area contributed by atoms with Gasteiger partial charge in [-0.05, 0) is 61.7 Å². The number of aryl methyl sites for hydroxylation is 3. The van der Waals surface area contributed by atoms with E-state index in [9.17, 15) is 8.42 Å². The van der Waals surface area contributed by atoms with E-state index in [-0.39, 0.29) is 17.5 Å². The summed E-state index contributed by atoms with van der Waals surface area (Å²) in [6.45, 7) is 6.49. The lowest BCUT2D eigenvalue weighted by molar-refractivity contribution is 0.567. The van der Waals surface area contributed by atoms with Crippen LogP contribution >= 0.6 is 11.6 Å². The van der Waals surface area contributed by atoms with Gasteiger partial charge in [0.2, 0.25) is 10.0 Å². The van der Waals surface area contributed by atoms with Crippen LogP contribution in [0.2, 0.25) is 5.02 Å². The van der Waals surface area contributed by atoms with E-state index < -0.39 is 10.0 Å².